The lowest BCUT2D eigenvalue weighted by atomic mass is 10.2. The van der Waals surface area contributed by atoms with Gasteiger partial charge in [0.2, 0.25) is 5.43 Å². The Labute approximate surface area is 101 Å². The Balaban J connectivity index is 2.52. The van der Waals surface area contributed by atoms with E-state index in [9.17, 15) is 9.59 Å². The van der Waals surface area contributed by atoms with Crippen molar-refractivity contribution in [3.63, 3.8) is 0 Å². The Hall–Kier alpha value is -2.62. The molecule has 0 radical (unpaired) electrons. The van der Waals surface area contributed by atoms with Crippen LogP contribution in [0.4, 0.5) is 0 Å². The fourth-order valence-electron chi connectivity index (χ4n) is 1.70. The maximum absolute atomic E-state index is 11.6. The third-order valence-electron chi connectivity index (χ3n) is 2.61. The zero-order valence-electron chi connectivity index (χ0n) is 9.60. The number of hydrogen-bond acceptors (Lipinski definition) is 4. The van der Waals surface area contributed by atoms with Gasteiger partial charge in [0.05, 0.1) is 12.1 Å². The van der Waals surface area contributed by atoms with Gasteiger partial charge in [0.15, 0.2) is 5.65 Å². The number of carboxylic acids is 1. The first-order chi connectivity index (χ1) is 8.52. The van der Waals surface area contributed by atoms with Gasteiger partial charge >= 0.3 is 5.97 Å². The maximum atomic E-state index is 11.6. The van der Waals surface area contributed by atoms with Crippen molar-refractivity contribution in [2.24, 2.45) is 0 Å². The molecule has 0 atom stereocenters. The summed E-state index contributed by atoms with van der Waals surface area (Å²) in [5, 5.41) is 20.3. The molecular weight excluding hydrogens is 236 g/mol. The zero-order chi connectivity index (χ0) is 13.3. The van der Waals surface area contributed by atoms with Gasteiger partial charge in [-0.2, -0.15) is 5.26 Å². The minimum absolute atomic E-state index is 0.0469. The summed E-state index contributed by atoms with van der Waals surface area (Å²) in [5.74, 6) is -0.450. The van der Waals surface area contributed by atoms with Crippen LogP contribution in [0.25, 0.3) is 5.65 Å². The predicted octanol–water partition coefficient (Wildman–Crippen LogP) is 0.220. The molecule has 0 aliphatic heterocycles. The highest BCUT2D eigenvalue weighted by atomic mass is 16.4. The molecule has 0 aliphatic carbocycles. The number of rotatable bonds is 3. The summed E-state index contributed by atoms with van der Waals surface area (Å²) in [7, 11) is 0. The number of nitriles is 1. The lowest BCUT2D eigenvalue weighted by Gasteiger charge is -1.99. The van der Waals surface area contributed by atoms with Crippen molar-refractivity contribution in [3.05, 3.63) is 33.4 Å². The first-order valence-electron chi connectivity index (χ1n) is 5.26. The van der Waals surface area contributed by atoms with Crippen molar-refractivity contribution in [2.75, 3.05) is 0 Å². The number of nitrogens with zero attached hydrogens (tertiary/aromatic N) is 3. The molecule has 0 unspecified atom stereocenters. The van der Waals surface area contributed by atoms with E-state index in [2.05, 4.69) is 10.1 Å². The molecule has 0 spiro atoms. The van der Waals surface area contributed by atoms with E-state index in [1.807, 2.05) is 6.07 Å². The van der Waals surface area contributed by atoms with Crippen molar-refractivity contribution in [1.82, 2.24) is 14.6 Å². The van der Waals surface area contributed by atoms with Crippen LogP contribution < -0.4 is 5.43 Å². The average molecular weight is 246 g/mol. The first kappa shape index (κ1) is 11.9. The zero-order valence-corrected chi connectivity index (χ0v) is 9.60. The van der Waals surface area contributed by atoms with E-state index in [1.165, 1.54) is 10.6 Å². The summed E-state index contributed by atoms with van der Waals surface area (Å²) in [5.41, 5.74) is 0.526. The number of hydrogen-bond donors (Lipinski definition) is 2. The van der Waals surface area contributed by atoms with Gasteiger partial charge in [0.1, 0.15) is 17.5 Å². The van der Waals surface area contributed by atoms with Gasteiger partial charge in [-0.05, 0) is 6.92 Å². The standard InChI is InChI=1S/C11H10N4O3/c1-6-7(5-12)8(16)4-10-13-9(14-15(6)10)2-3-11(17)18/h4H,2-3H2,1H3,(H,13,14)(H,17,18). The van der Waals surface area contributed by atoms with E-state index in [1.54, 1.807) is 6.92 Å². The molecule has 0 saturated carbocycles. The molecule has 2 N–H and O–H groups in total. The molecule has 0 amide bonds. The molecule has 0 aliphatic rings. The van der Waals surface area contributed by atoms with Gasteiger partial charge in [-0.1, -0.05) is 0 Å². The Morgan fingerprint density at radius 3 is 3.00 bits per heavy atom. The predicted molar refractivity (Wildman–Crippen MR) is 61.2 cm³/mol. The summed E-state index contributed by atoms with van der Waals surface area (Å²) in [6.45, 7) is 1.63. The van der Waals surface area contributed by atoms with Crippen LogP contribution in [0.15, 0.2) is 10.9 Å². The Bertz CT molecular complexity index is 720. The number of aliphatic carboxylic acids is 1. The fraction of sp³-hybridized carbons (Fsp3) is 0.273. The number of aryl methyl sites for hydroxylation is 2. The van der Waals surface area contributed by atoms with Gasteiger partial charge in [-0.25, -0.2) is 9.50 Å². The van der Waals surface area contributed by atoms with Gasteiger partial charge in [0, 0.05) is 12.5 Å². The number of aromatic amines is 1. The smallest absolute Gasteiger partial charge is 0.303 e. The van der Waals surface area contributed by atoms with E-state index in [0.717, 1.165) is 0 Å². The summed E-state index contributed by atoms with van der Waals surface area (Å²) in [6, 6.07) is 3.10. The summed E-state index contributed by atoms with van der Waals surface area (Å²) < 4.78 is 1.51. The highest BCUT2D eigenvalue weighted by molar-refractivity contribution is 5.66. The molecule has 0 aromatic carbocycles. The largest absolute Gasteiger partial charge is 0.481 e. The molecule has 92 valence electrons. The second-order valence-corrected chi connectivity index (χ2v) is 3.84. The highest BCUT2D eigenvalue weighted by Crippen LogP contribution is 2.07. The van der Waals surface area contributed by atoms with Gasteiger partial charge < -0.3 is 5.11 Å². The third-order valence-corrected chi connectivity index (χ3v) is 2.61. The molecule has 2 aromatic rings. The minimum Gasteiger partial charge on any atom is -0.481 e. The van der Waals surface area contributed by atoms with Crippen molar-refractivity contribution in [2.45, 2.75) is 19.8 Å². The van der Waals surface area contributed by atoms with Crippen molar-refractivity contribution in [1.29, 1.82) is 5.26 Å². The van der Waals surface area contributed by atoms with E-state index in [-0.39, 0.29) is 23.8 Å². The van der Waals surface area contributed by atoms with Crippen LogP contribution in [-0.4, -0.2) is 25.7 Å². The number of carbonyl (C=O) groups is 1. The molecule has 0 fully saturated rings. The van der Waals surface area contributed by atoms with Gasteiger partial charge in [-0.15, -0.1) is 0 Å². The summed E-state index contributed by atoms with van der Waals surface area (Å²) in [4.78, 5) is 26.2. The van der Waals surface area contributed by atoms with Crippen LogP contribution in [0.3, 0.4) is 0 Å². The topological polar surface area (TPSA) is 111 Å². The average Bonchev–Trinajstić information content (AvgIpc) is 2.70. The number of nitrogens with one attached hydrogen (secondary N) is 1. The van der Waals surface area contributed by atoms with E-state index < -0.39 is 5.97 Å². The number of fused-ring (bicyclic) bond motifs is 1. The first-order valence-corrected chi connectivity index (χ1v) is 5.26. The SMILES string of the molecule is Cc1c(C#N)c(=O)cc2nc(CCC(=O)O)[nH]n12. The number of carboxylic acid groups (broad SMARTS) is 1. The third kappa shape index (κ3) is 1.96. The second-order valence-electron chi connectivity index (χ2n) is 3.84. The van der Waals surface area contributed by atoms with E-state index in [4.69, 9.17) is 10.4 Å². The number of aromatic nitrogens is 3. The maximum Gasteiger partial charge on any atom is 0.303 e. The lowest BCUT2D eigenvalue weighted by molar-refractivity contribution is -0.137. The molecular formula is C11H10N4O3. The molecule has 7 heteroatoms. The fourth-order valence-corrected chi connectivity index (χ4v) is 1.70. The van der Waals surface area contributed by atoms with Crippen LogP contribution in [-0.2, 0) is 11.2 Å². The highest BCUT2D eigenvalue weighted by Gasteiger charge is 2.11. The monoisotopic (exact) mass is 246 g/mol. The Morgan fingerprint density at radius 1 is 1.67 bits per heavy atom. The minimum atomic E-state index is -0.917. The van der Waals surface area contributed by atoms with Crippen molar-refractivity contribution in [3.8, 4) is 6.07 Å². The van der Waals surface area contributed by atoms with Crippen LogP contribution in [0.1, 0.15) is 23.5 Å². The molecule has 2 aromatic heterocycles. The quantitative estimate of drug-likeness (QED) is 0.804. The number of H-pyrrole nitrogens is 1. The Morgan fingerprint density at radius 2 is 2.39 bits per heavy atom. The molecule has 7 nitrogen and oxygen atoms in total. The Kier molecular flexibility index (Phi) is 2.85. The lowest BCUT2D eigenvalue weighted by Crippen LogP contribution is -2.11. The number of pyridine rings is 1. The van der Waals surface area contributed by atoms with E-state index in [0.29, 0.717) is 17.2 Å². The van der Waals surface area contributed by atoms with Gasteiger partial charge in [-0.3, -0.25) is 14.7 Å². The molecule has 0 saturated heterocycles. The summed E-state index contributed by atoms with van der Waals surface area (Å²) in [6.07, 6.45) is 0.196. The molecule has 0 bridgehead atoms. The van der Waals surface area contributed by atoms with E-state index >= 15 is 0 Å². The normalized spacial score (nSPS) is 10.4. The van der Waals surface area contributed by atoms with Crippen molar-refractivity contribution >= 4 is 11.6 Å². The summed E-state index contributed by atoms with van der Waals surface area (Å²) >= 11 is 0. The molecule has 18 heavy (non-hydrogen) atoms. The molecule has 2 rings (SSSR count). The van der Waals surface area contributed by atoms with Crippen LogP contribution in [0, 0.1) is 18.3 Å². The van der Waals surface area contributed by atoms with Crippen LogP contribution in [0.2, 0.25) is 0 Å². The van der Waals surface area contributed by atoms with Crippen molar-refractivity contribution < 1.29 is 9.90 Å². The molecule has 2 heterocycles. The van der Waals surface area contributed by atoms with Crippen LogP contribution >= 0.6 is 0 Å². The second kappa shape index (κ2) is 4.33. The van der Waals surface area contributed by atoms with Gasteiger partial charge in [0.25, 0.3) is 0 Å². The van der Waals surface area contributed by atoms with Crippen LogP contribution in [0.5, 0.6) is 0 Å².